The van der Waals surface area contributed by atoms with Gasteiger partial charge >= 0.3 is 5.97 Å². The van der Waals surface area contributed by atoms with Crippen molar-refractivity contribution < 1.29 is 14.7 Å². The number of carbonyl (C=O) groups is 2. The molecule has 0 saturated heterocycles. The van der Waals surface area contributed by atoms with Gasteiger partial charge in [0.25, 0.3) is 5.91 Å². The third-order valence-electron chi connectivity index (χ3n) is 4.22. The van der Waals surface area contributed by atoms with Gasteiger partial charge in [-0.25, -0.2) is 0 Å². The minimum absolute atomic E-state index is 0.123. The third-order valence-corrected chi connectivity index (χ3v) is 4.47. The predicted molar refractivity (Wildman–Crippen MR) is 102 cm³/mol. The number of unbranched alkanes of at least 4 members (excludes halogenated alkanes) is 1. The molecule has 0 bridgehead atoms. The van der Waals surface area contributed by atoms with Crippen LogP contribution in [0.4, 0.5) is 5.69 Å². The molecule has 3 rings (SSSR count). The molecule has 0 saturated carbocycles. The summed E-state index contributed by atoms with van der Waals surface area (Å²) in [6.45, 7) is 0.891. The predicted octanol–water partition coefficient (Wildman–Crippen LogP) is 3.93. The number of hydrogen-bond donors (Lipinski definition) is 1. The maximum atomic E-state index is 12.9. The van der Waals surface area contributed by atoms with E-state index in [1.807, 2.05) is 36.4 Å². The van der Waals surface area contributed by atoms with Crippen molar-refractivity contribution in [2.24, 2.45) is 4.99 Å². The molecular formula is C20H19ClN2O3. The van der Waals surface area contributed by atoms with Crippen LogP contribution in [0.5, 0.6) is 0 Å². The molecule has 0 aliphatic carbocycles. The Balaban J connectivity index is 1.77. The lowest BCUT2D eigenvalue weighted by atomic mass is 10.1. The summed E-state index contributed by atoms with van der Waals surface area (Å²) in [5, 5.41) is 9.34. The molecule has 1 heterocycles. The highest BCUT2D eigenvalue weighted by Crippen LogP contribution is 2.30. The Labute approximate surface area is 156 Å². The lowest BCUT2D eigenvalue weighted by molar-refractivity contribution is -0.137. The van der Waals surface area contributed by atoms with E-state index in [2.05, 4.69) is 4.99 Å². The molecule has 0 spiro atoms. The van der Waals surface area contributed by atoms with Gasteiger partial charge in [-0.1, -0.05) is 41.9 Å². The van der Waals surface area contributed by atoms with Gasteiger partial charge in [0.15, 0.2) is 0 Å². The summed E-state index contributed by atoms with van der Waals surface area (Å²) < 4.78 is 0. The molecule has 1 amide bonds. The van der Waals surface area contributed by atoms with Gasteiger partial charge in [0.1, 0.15) is 5.71 Å². The van der Waals surface area contributed by atoms with Gasteiger partial charge in [0.05, 0.1) is 12.2 Å². The molecule has 26 heavy (non-hydrogen) atoms. The van der Waals surface area contributed by atoms with Crippen LogP contribution in [0.2, 0.25) is 5.02 Å². The molecule has 1 N–H and O–H groups in total. The molecule has 0 radical (unpaired) electrons. The van der Waals surface area contributed by atoms with E-state index in [-0.39, 0.29) is 12.3 Å². The smallest absolute Gasteiger partial charge is 0.303 e. The summed E-state index contributed by atoms with van der Waals surface area (Å²) in [7, 11) is 0. The fourth-order valence-electron chi connectivity index (χ4n) is 2.92. The molecule has 134 valence electrons. The molecule has 1 aliphatic rings. The number of hydrogen-bond acceptors (Lipinski definition) is 3. The number of rotatable bonds is 7. The van der Waals surface area contributed by atoms with Gasteiger partial charge < -0.3 is 10.0 Å². The largest absolute Gasteiger partial charge is 0.481 e. The quantitative estimate of drug-likeness (QED) is 0.750. The van der Waals surface area contributed by atoms with Crippen molar-refractivity contribution in [3.05, 3.63) is 64.7 Å². The number of aliphatic imine (C=N–C) groups is 1. The van der Waals surface area contributed by atoms with Gasteiger partial charge in [0.2, 0.25) is 0 Å². The topological polar surface area (TPSA) is 70.0 Å². The van der Waals surface area contributed by atoms with Gasteiger partial charge in [-0.3, -0.25) is 14.6 Å². The average molecular weight is 371 g/mol. The lowest BCUT2D eigenvalue weighted by Gasteiger charge is -2.16. The van der Waals surface area contributed by atoms with Crippen LogP contribution in [0.15, 0.2) is 53.5 Å². The average Bonchev–Trinajstić information content (AvgIpc) is 2.89. The number of nitrogens with zero attached hydrogens (tertiary/aromatic N) is 2. The zero-order valence-electron chi connectivity index (χ0n) is 14.2. The standard InChI is InChI=1S/C20H19ClN2O3/c21-15-10-8-14(9-11-15)13-23-17-6-2-1-5-16(17)19(20(23)26)22-12-4-3-7-18(24)25/h1-2,5-6,8-11H,3-4,7,12-13H2,(H,24,25). The van der Waals surface area contributed by atoms with Crippen molar-refractivity contribution in [1.82, 2.24) is 0 Å². The van der Waals surface area contributed by atoms with E-state index < -0.39 is 5.97 Å². The van der Waals surface area contributed by atoms with E-state index in [1.54, 1.807) is 17.0 Å². The number of fused-ring (bicyclic) bond motifs is 1. The Morgan fingerprint density at radius 2 is 1.81 bits per heavy atom. The Morgan fingerprint density at radius 3 is 2.54 bits per heavy atom. The second-order valence-corrected chi connectivity index (χ2v) is 6.55. The Hall–Kier alpha value is -2.66. The van der Waals surface area contributed by atoms with Crippen LogP contribution in [0, 0.1) is 0 Å². The fraction of sp³-hybridized carbons (Fsp3) is 0.250. The third kappa shape index (κ3) is 4.11. The number of anilines is 1. The molecule has 0 unspecified atom stereocenters. The number of aliphatic carboxylic acids is 1. The Morgan fingerprint density at radius 1 is 1.08 bits per heavy atom. The molecule has 5 nitrogen and oxygen atoms in total. The fourth-order valence-corrected chi connectivity index (χ4v) is 3.05. The normalized spacial score (nSPS) is 14.7. The highest BCUT2D eigenvalue weighted by Gasteiger charge is 2.33. The maximum Gasteiger partial charge on any atom is 0.303 e. The number of carboxylic acids is 1. The van der Waals surface area contributed by atoms with E-state index in [0.717, 1.165) is 16.8 Å². The highest BCUT2D eigenvalue weighted by atomic mass is 35.5. The number of carboxylic acid groups (broad SMARTS) is 1. The van der Waals surface area contributed by atoms with Gasteiger partial charge in [0, 0.05) is 23.6 Å². The van der Waals surface area contributed by atoms with E-state index in [1.165, 1.54) is 0 Å². The van der Waals surface area contributed by atoms with Crippen LogP contribution >= 0.6 is 11.6 Å². The monoisotopic (exact) mass is 370 g/mol. The Bertz CT molecular complexity index is 846. The van der Waals surface area contributed by atoms with E-state index in [9.17, 15) is 9.59 Å². The van der Waals surface area contributed by atoms with Crippen molar-refractivity contribution in [2.75, 3.05) is 11.4 Å². The van der Waals surface area contributed by atoms with Crippen LogP contribution in [-0.4, -0.2) is 29.2 Å². The number of carbonyl (C=O) groups excluding carboxylic acids is 1. The summed E-state index contributed by atoms with van der Waals surface area (Å²) in [6.07, 6.45) is 1.32. The number of halogens is 1. The summed E-state index contributed by atoms with van der Waals surface area (Å²) in [5.41, 5.74) is 3.10. The summed E-state index contributed by atoms with van der Waals surface area (Å²) in [6, 6.07) is 15.0. The highest BCUT2D eigenvalue weighted by molar-refractivity contribution is 6.54. The second-order valence-electron chi connectivity index (χ2n) is 6.12. The zero-order chi connectivity index (χ0) is 18.5. The zero-order valence-corrected chi connectivity index (χ0v) is 14.9. The number of para-hydroxylation sites is 1. The number of benzene rings is 2. The first-order valence-electron chi connectivity index (χ1n) is 8.48. The summed E-state index contributed by atoms with van der Waals surface area (Å²) in [4.78, 5) is 29.6. The second kappa shape index (κ2) is 8.15. The lowest BCUT2D eigenvalue weighted by Crippen LogP contribution is -2.29. The minimum atomic E-state index is -0.811. The van der Waals surface area contributed by atoms with Gasteiger partial charge in [-0.05, 0) is 36.6 Å². The van der Waals surface area contributed by atoms with Gasteiger partial charge in [-0.15, -0.1) is 0 Å². The molecule has 0 aromatic heterocycles. The maximum absolute atomic E-state index is 12.9. The van der Waals surface area contributed by atoms with E-state index in [0.29, 0.717) is 36.7 Å². The van der Waals surface area contributed by atoms with Crippen LogP contribution in [0.25, 0.3) is 0 Å². The van der Waals surface area contributed by atoms with E-state index >= 15 is 0 Å². The van der Waals surface area contributed by atoms with Crippen molar-refractivity contribution in [3.8, 4) is 0 Å². The molecule has 6 heteroatoms. The van der Waals surface area contributed by atoms with Crippen molar-refractivity contribution >= 4 is 34.9 Å². The molecule has 2 aromatic carbocycles. The summed E-state index contributed by atoms with van der Waals surface area (Å²) in [5.74, 6) is -0.937. The van der Waals surface area contributed by atoms with Crippen molar-refractivity contribution in [2.45, 2.75) is 25.8 Å². The Kier molecular flexibility index (Phi) is 5.68. The van der Waals surface area contributed by atoms with E-state index in [4.69, 9.17) is 16.7 Å². The van der Waals surface area contributed by atoms with Crippen molar-refractivity contribution in [1.29, 1.82) is 0 Å². The first-order chi connectivity index (χ1) is 12.6. The molecular weight excluding hydrogens is 352 g/mol. The first-order valence-corrected chi connectivity index (χ1v) is 8.86. The van der Waals surface area contributed by atoms with Crippen LogP contribution < -0.4 is 4.90 Å². The van der Waals surface area contributed by atoms with Crippen LogP contribution in [-0.2, 0) is 16.1 Å². The molecule has 2 aromatic rings. The van der Waals surface area contributed by atoms with Gasteiger partial charge in [-0.2, -0.15) is 0 Å². The van der Waals surface area contributed by atoms with Crippen molar-refractivity contribution in [3.63, 3.8) is 0 Å². The summed E-state index contributed by atoms with van der Waals surface area (Å²) >= 11 is 5.93. The molecule has 1 aliphatic heterocycles. The number of amides is 1. The molecule has 0 atom stereocenters. The minimum Gasteiger partial charge on any atom is -0.481 e. The van der Waals surface area contributed by atoms with Crippen LogP contribution in [0.3, 0.4) is 0 Å². The van der Waals surface area contributed by atoms with Crippen LogP contribution in [0.1, 0.15) is 30.4 Å². The SMILES string of the molecule is O=C(O)CCCCN=C1C(=O)N(Cc2ccc(Cl)cc2)c2ccccc21. The first kappa shape index (κ1) is 18.1. The molecule has 0 fully saturated rings.